The molecule has 2 rings (SSSR count). The molecule has 0 spiro atoms. The van der Waals surface area contributed by atoms with E-state index in [0.717, 1.165) is 31.6 Å². The Balaban J connectivity index is 2.08. The number of amides is 1. The third-order valence-electron chi connectivity index (χ3n) is 3.79. The van der Waals surface area contributed by atoms with Gasteiger partial charge < -0.3 is 11.5 Å². The van der Waals surface area contributed by atoms with Crippen LogP contribution in [0.3, 0.4) is 0 Å². The van der Waals surface area contributed by atoms with Crippen molar-refractivity contribution in [1.29, 1.82) is 0 Å². The van der Waals surface area contributed by atoms with E-state index in [1.807, 2.05) is 19.1 Å². The number of aryl methyl sites for hydroxylation is 1. The molecule has 1 aliphatic rings. The molecule has 1 fully saturated rings. The van der Waals surface area contributed by atoms with E-state index in [-0.39, 0.29) is 11.9 Å². The Kier molecular flexibility index (Phi) is 4.22. The molecule has 1 amide bonds. The molecule has 4 heteroatoms. The first kappa shape index (κ1) is 14.0. The van der Waals surface area contributed by atoms with E-state index in [1.165, 1.54) is 5.56 Å². The molecule has 0 aromatic heterocycles. The number of primary amides is 1. The maximum absolute atomic E-state index is 11.1. The predicted octanol–water partition coefficient (Wildman–Crippen LogP) is 1.26. The van der Waals surface area contributed by atoms with Gasteiger partial charge in [0, 0.05) is 31.2 Å². The molecule has 0 aliphatic carbocycles. The van der Waals surface area contributed by atoms with Crippen molar-refractivity contribution < 1.29 is 4.79 Å². The zero-order chi connectivity index (χ0) is 14.0. The molecule has 2 unspecified atom stereocenters. The lowest BCUT2D eigenvalue weighted by molar-refractivity contribution is 0.1000. The summed E-state index contributed by atoms with van der Waals surface area (Å²) in [5.74, 6) is 0.275. The molecule has 1 aromatic carbocycles. The monoisotopic (exact) mass is 261 g/mol. The molecule has 4 N–H and O–H groups in total. The summed E-state index contributed by atoms with van der Waals surface area (Å²) >= 11 is 0. The highest BCUT2D eigenvalue weighted by Gasteiger charge is 2.22. The molecule has 0 radical (unpaired) electrons. The fraction of sp³-hybridized carbons (Fsp3) is 0.533. The molecule has 19 heavy (non-hydrogen) atoms. The van der Waals surface area contributed by atoms with Gasteiger partial charge >= 0.3 is 0 Å². The second kappa shape index (κ2) is 5.72. The van der Waals surface area contributed by atoms with Crippen LogP contribution in [0.4, 0.5) is 0 Å². The summed E-state index contributed by atoms with van der Waals surface area (Å²) in [4.78, 5) is 13.5. The molecule has 104 valence electrons. The summed E-state index contributed by atoms with van der Waals surface area (Å²) in [6, 6.07) is 5.94. The molecule has 4 nitrogen and oxygen atoms in total. The third-order valence-corrected chi connectivity index (χ3v) is 3.79. The Morgan fingerprint density at radius 3 is 2.74 bits per heavy atom. The summed E-state index contributed by atoms with van der Waals surface area (Å²) in [5.41, 5.74) is 14.3. The van der Waals surface area contributed by atoms with Crippen molar-refractivity contribution in [3.63, 3.8) is 0 Å². The molecule has 0 saturated carbocycles. The Hall–Kier alpha value is -1.39. The van der Waals surface area contributed by atoms with Crippen LogP contribution in [0.5, 0.6) is 0 Å². The van der Waals surface area contributed by atoms with Crippen molar-refractivity contribution in [3.05, 3.63) is 34.9 Å². The minimum absolute atomic E-state index is 0.272. The van der Waals surface area contributed by atoms with Gasteiger partial charge in [-0.25, -0.2) is 0 Å². The van der Waals surface area contributed by atoms with Crippen molar-refractivity contribution in [3.8, 4) is 0 Å². The lowest BCUT2D eigenvalue weighted by atomic mass is 9.95. The van der Waals surface area contributed by atoms with Gasteiger partial charge in [0.05, 0.1) is 0 Å². The van der Waals surface area contributed by atoms with Gasteiger partial charge in [-0.1, -0.05) is 13.0 Å². The number of nitrogens with zero attached hydrogens (tertiary/aromatic N) is 1. The van der Waals surface area contributed by atoms with E-state index in [4.69, 9.17) is 11.5 Å². The zero-order valence-electron chi connectivity index (χ0n) is 11.7. The van der Waals surface area contributed by atoms with E-state index < -0.39 is 0 Å². The summed E-state index contributed by atoms with van der Waals surface area (Å²) in [6.45, 7) is 7.19. The standard InChI is InChI=1S/C15H23N3O/c1-10-5-14(16)9-18(7-10)8-13-4-3-12(15(17)19)6-11(13)2/h3-4,6,10,14H,5,7-9,16H2,1-2H3,(H2,17,19). The minimum atomic E-state index is -0.372. The molecule has 1 aliphatic heterocycles. The Morgan fingerprint density at radius 2 is 2.16 bits per heavy atom. The fourth-order valence-corrected chi connectivity index (χ4v) is 2.91. The van der Waals surface area contributed by atoms with Gasteiger partial charge in [0.1, 0.15) is 0 Å². The van der Waals surface area contributed by atoms with Crippen molar-refractivity contribution in [1.82, 2.24) is 4.90 Å². The molecular formula is C15H23N3O. The average Bonchev–Trinajstić information content (AvgIpc) is 2.30. The summed E-state index contributed by atoms with van der Waals surface area (Å²) < 4.78 is 0. The highest BCUT2D eigenvalue weighted by atomic mass is 16.1. The molecule has 2 atom stereocenters. The lowest BCUT2D eigenvalue weighted by Crippen LogP contribution is -2.45. The van der Waals surface area contributed by atoms with E-state index in [9.17, 15) is 4.79 Å². The number of rotatable bonds is 3. The van der Waals surface area contributed by atoms with Crippen molar-refractivity contribution in [2.45, 2.75) is 32.9 Å². The Morgan fingerprint density at radius 1 is 1.42 bits per heavy atom. The number of carbonyl (C=O) groups excluding carboxylic acids is 1. The maximum Gasteiger partial charge on any atom is 0.248 e. The second-order valence-electron chi connectivity index (χ2n) is 5.80. The first-order chi connectivity index (χ1) is 8.95. The van der Waals surface area contributed by atoms with Crippen LogP contribution < -0.4 is 11.5 Å². The van der Waals surface area contributed by atoms with Crippen LogP contribution in [0.1, 0.15) is 34.8 Å². The van der Waals surface area contributed by atoms with Crippen LogP contribution in [-0.4, -0.2) is 29.9 Å². The summed E-state index contributed by atoms with van der Waals surface area (Å²) in [7, 11) is 0. The number of hydrogen-bond donors (Lipinski definition) is 2. The van der Waals surface area contributed by atoms with E-state index in [0.29, 0.717) is 11.5 Å². The fourth-order valence-electron chi connectivity index (χ4n) is 2.91. The normalized spacial score (nSPS) is 24.4. The summed E-state index contributed by atoms with van der Waals surface area (Å²) in [5, 5.41) is 0. The predicted molar refractivity (Wildman–Crippen MR) is 76.7 cm³/mol. The maximum atomic E-state index is 11.1. The number of likely N-dealkylation sites (tertiary alicyclic amines) is 1. The van der Waals surface area contributed by atoms with Gasteiger partial charge in [-0.2, -0.15) is 0 Å². The van der Waals surface area contributed by atoms with Gasteiger partial charge in [0.2, 0.25) is 5.91 Å². The number of benzene rings is 1. The largest absolute Gasteiger partial charge is 0.366 e. The van der Waals surface area contributed by atoms with E-state index >= 15 is 0 Å². The topological polar surface area (TPSA) is 72.4 Å². The van der Waals surface area contributed by atoms with Crippen LogP contribution in [0.2, 0.25) is 0 Å². The molecule has 1 heterocycles. The first-order valence-corrected chi connectivity index (χ1v) is 6.83. The number of carbonyl (C=O) groups is 1. The average molecular weight is 261 g/mol. The highest BCUT2D eigenvalue weighted by Crippen LogP contribution is 2.19. The van der Waals surface area contributed by atoms with E-state index in [1.54, 1.807) is 6.07 Å². The molecule has 0 bridgehead atoms. The Bertz CT molecular complexity index is 462. The first-order valence-electron chi connectivity index (χ1n) is 6.83. The van der Waals surface area contributed by atoms with E-state index in [2.05, 4.69) is 11.8 Å². The van der Waals surface area contributed by atoms with Crippen LogP contribution in [0.25, 0.3) is 0 Å². The number of hydrogen-bond acceptors (Lipinski definition) is 3. The molecule has 1 saturated heterocycles. The number of nitrogens with two attached hydrogens (primary N) is 2. The minimum Gasteiger partial charge on any atom is -0.366 e. The number of piperidine rings is 1. The van der Waals surface area contributed by atoms with Gasteiger partial charge in [-0.15, -0.1) is 0 Å². The van der Waals surface area contributed by atoms with Gasteiger partial charge in [0.25, 0.3) is 0 Å². The molecular weight excluding hydrogens is 238 g/mol. The third kappa shape index (κ3) is 3.55. The molecule has 1 aromatic rings. The van der Waals surface area contributed by atoms with Gasteiger partial charge in [0.15, 0.2) is 0 Å². The Labute approximate surface area is 114 Å². The zero-order valence-corrected chi connectivity index (χ0v) is 11.7. The van der Waals surface area contributed by atoms with Crippen molar-refractivity contribution in [2.75, 3.05) is 13.1 Å². The van der Waals surface area contributed by atoms with Gasteiger partial charge in [-0.05, 0) is 42.5 Å². The van der Waals surface area contributed by atoms with Crippen LogP contribution in [-0.2, 0) is 6.54 Å². The van der Waals surface area contributed by atoms with Gasteiger partial charge in [-0.3, -0.25) is 9.69 Å². The SMILES string of the molecule is Cc1cc(C(N)=O)ccc1CN1CC(C)CC(N)C1. The lowest BCUT2D eigenvalue weighted by Gasteiger charge is -2.35. The second-order valence-corrected chi connectivity index (χ2v) is 5.80. The van der Waals surface area contributed by atoms with Crippen LogP contribution in [0, 0.1) is 12.8 Å². The summed E-state index contributed by atoms with van der Waals surface area (Å²) in [6.07, 6.45) is 1.11. The quantitative estimate of drug-likeness (QED) is 0.860. The van der Waals surface area contributed by atoms with Crippen LogP contribution >= 0.6 is 0 Å². The smallest absolute Gasteiger partial charge is 0.248 e. The van der Waals surface area contributed by atoms with Crippen molar-refractivity contribution in [2.24, 2.45) is 17.4 Å². The highest BCUT2D eigenvalue weighted by molar-refractivity contribution is 5.93. The van der Waals surface area contributed by atoms with Crippen molar-refractivity contribution >= 4 is 5.91 Å². The van der Waals surface area contributed by atoms with Crippen LogP contribution in [0.15, 0.2) is 18.2 Å².